The first-order valence-electron chi connectivity index (χ1n) is 8.25. The highest BCUT2D eigenvalue weighted by molar-refractivity contribution is 6.82. The normalized spacial score (nSPS) is 12.6. The highest BCUT2D eigenvalue weighted by Crippen LogP contribution is 2.44. The molecule has 0 atom stereocenters. The standard InChI is InChI=1S/C19H28FNSi/c1-14(2)22(15(3)4,16(5)6)21-13-7-8-19(21)17-9-11-18(20)12-10-17/h7-16H,1-6H3. The van der Waals surface area contributed by atoms with Gasteiger partial charge < -0.3 is 4.23 Å². The lowest BCUT2D eigenvalue weighted by atomic mass is 10.1. The van der Waals surface area contributed by atoms with E-state index in [2.05, 4.69) is 64.1 Å². The summed E-state index contributed by atoms with van der Waals surface area (Å²) in [5.74, 6) is -0.179. The third-order valence-corrected chi connectivity index (χ3v) is 11.9. The molecule has 0 spiro atoms. The van der Waals surface area contributed by atoms with Crippen LogP contribution in [0, 0.1) is 5.82 Å². The lowest BCUT2D eigenvalue weighted by Gasteiger charge is -2.45. The van der Waals surface area contributed by atoms with E-state index in [9.17, 15) is 4.39 Å². The molecule has 1 heterocycles. The van der Waals surface area contributed by atoms with Crippen molar-refractivity contribution in [1.29, 1.82) is 0 Å². The first-order chi connectivity index (χ1) is 10.3. The Labute approximate surface area is 135 Å². The predicted octanol–water partition coefficient (Wildman–Crippen LogP) is 6.32. The van der Waals surface area contributed by atoms with Crippen LogP contribution in [0.5, 0.6) is 0 Å². The second-order valence-corrected chi connectivity index (χ2v) is 12.8. The molecule has 120 valence electrons. The van der Waals surface area contributed by atoms with Crippen molar-refractivity contribution >= 4 is 8.24 Å². The van der Waals surface area contributed by atoms with Gasteiger partial charge in [-0.25, -0.2) is 4.39 Å². The van der Waals surface area contributed by atoms with Gasteiger partial charge in [-0.1, -0.05) is 53.7 Å². The van der Waals surface area contributed by atoms with Crippen LogP contribution < -0.4 is 0 Å². The zero-order valence-corrected chi connectivity index (χ0v) is 15.6. The van der Waals surface area contributed by atoms with Crippen LogP contribution in [0.2, 0.25) is 16.6 Å². The van der Waals surface area contributed by atoms with E-state index in [-0.39, 0.29) is 5.82 Å². The van der Waals surface area contributed by atoms with Crippen molar-refractivity contribution < 1.29 is 4.39 Å². The Kier molecular flexibility index (Phi) is 4.96. The molecule has 0 saturated heterocycles. The summed E-state index contributed by atoms with van der Waals surface area (Å²) in [4.78, 5) is 0. The molecule has 0 fully saturated rings. The number of aromatic nitrogens is 1. The Morgan fingerprint density at radius 2 is 1.32 bits per heavy atom. The van der Waals surface area contributed by atoms with Crippen LogP contribution in [0.3, 0.4) is 0 Å². The number of hydrogen-bond donors (Lipinski definition) is 0. The van der Waals surface area contributed by atoms with E-state index in [1.165, 1.54) is 5.69 Å². The van der Waals surface area contributed by atoms with E-state index in [4.69, 9.17) is 0 Å². The van der Waals surface area contributed by atoms with Crippen LogP contribution in [0.15, 0.2) is 42.6 Å². The number of rotatable bonds is 5. The van der Waals surface area contributed by atoms with Gasteiger partial charge in [-0.15, -0.1) is 0 Å². The van der Waals surface area contributed by atoms with Crippen LogP contribution in [-0.4, -0.2) is 12.5 Å². The largest absolute Gasteiger partial charge is 0.373 e. The Morgan fingerprint density at radius 1 is 0.818 bits per heavy atom. The average molecular weight is 318 g/mol. The van der Waals surface area contributed by atoms with Gasteiger partial charge >= 0.3 is 0 Å². The highest BCUT2D eigenvalue weighted by atomic mass is 28.3. The monoisotopic (exact) mass is 317 g/mol. The van der Waals surface area contributed by atoms with Gasteiger partial charge in [-0.3, -0.25) is 0 Å². The van der Waals surface area contributed by atoms with E-state index < -0.39 is 8.24 Å². The number of benzene rings is 1. The van der Waals surface area contributed by atoms with Crippen molar-refractivity contribution in [3.05, 3.63) is 48.4 Å². The molecule has 0 bridgehead atoms. The van der Waals surface area contributed by atoms with Gasteiger partial charge in [0.2, 0.25) is 0 Å². The number of hydrogen-bond acceptors (Lipinski definition) is 0. The summed E-state index contributed by atoms with van der Waals surface area (Å²) in [5.41, 5.74) is 4.24. The molecule has 0 radical (unpaired) electrons. The summed E-state index contributed by atoms with van der Waals surface area (Å²) in [7, 11) is -1.77. The second kappa shape index (κ2) is 6.41. The third kappa shape index (κ3) is 2.67. The molecule has 2 aromatic rings. The van der Waals surface area contributed by atoms with Gasteiger partial charge in [0, 0.05) is 5.69 Å². The average Bonchev–Trinajstić information content (AvgIpc) is 2.88. The molecule has 1 nitrogen and oxygen atoms in total. The summed E-state index contributed by atoms with van der Waals surface area (Å²) in [5, 5.41) is 0. The molecule has 1 aromatic carbocycles. The van der Waals surface area contributed by atoms with E-state index in [0.29, 0.717) is 16.6 Å². The van der Waals surface area contributed by atoms with Crippen LogP contribution in [0.25, 0.3) is 11.3 Å². The Bertz CT molecular complexity index is 589. The SMILES string of the molecule is CC(C)[Si](C(C)C)(C(C)C)n1cccc1-c1ccc(F)cc1. The maximum atomic E-state index is 13.2. The van der Waals surface area contributed by atoms with Gasteiger partial charge in [-0.2, -0.15) is 0 Å². The zero-order valence-electron chi connectivity index (χ0n) is 14.6. The topological polar surface area (TPSA) is 4.93 Å². The lowest BCUT2D eigenvalue weighted by Crippen LogP contribution is -2.51. The molecule has 0 N–H and O–H groups in total. The van der Waals surface area contributed by atoms with Crippen molar-refractivity contribution in [1.82, 2.24) is 4.23 Å². The molecule has 0 aliphatic heterocycles. The van der Waals surface area contributed by atoms with Gasteiger partial charge in [0.15, 0.2) is 8.24 Å². The van der Waals surface area contributed by atoms with Crippen molar-refractivity contribution in [2.24, 2.45) is 0 Å². The minimum atomic E-state index is -1.77. The molecule has 0 saturated carbocycles. The number of halogens is 1. The summed E-state index contributed by atoms with van der Waals surface area (Å²) in [6.45, 7) is 14.2. The fourth-order valence-electron chi connectivity index (χ4n) is 4.41. The van der Waals surface area contributed by atoms with Crippen LogP contribution in [0.4, 0.5) is 4.39 Å². The first-order valence-corrected chi connectivity index (χ1v) is 10.4. The van der Waals surface area contributed by atoms with Crippen LogP contribution >= 0.6 is 0 Å². The fourth-order valence-corrected chi connectivity index (χ4v) is 11.0. The molecule has 3 heteroatoms. The summed E-state index contributed by atoms with van der Waals surface area (Å²) < 4.78 is 15.8. The van der Waals surface area contributed by atoms with Crippen LogP contribution in [0.1, 0.15) is 41.5 Å². The van der Waals surface area contributed by atoms with E-state index in [1.807, 2.05) is 12.1 Å². The summed E-state index contributed by atoms with van der Waals surface area (Å²) in [6.07, 6.45) is 2.24. The maximum absolute atomic E-state index is 13.2. The van der Waals surface area contributed by atoms with Crippen molar-refractivity contribution in [2.75, 3.05) is 0 Å². The van der Waals surface area contributed by atoms with E-state index in [0.717, 1.165) is 5.56 Å². The summed E-state index contributed by atoms with van der Waals surface area (Å²) >= 11 is 0. The molecule has 0 amide bonds. The minimum Gasteiger partial charge on any atom is -0.373 e. The molecule has 2 rings (SSSR count). The van der Waals surface area contributed by atoms with Gasteiger partial charge in [-0.05, 0) is 52.6 Å². The van der Waals surface area contributed by atoms with Crippen molar-refractivity contribution in [3.8, 4) is 11.3 Å². The number of nitrogens with zero attached hydrogens (tertiary/aromatic N) is 1. The van der Waals surface area contributed by atoms with Crippen molar-refractivity contribution in [3.63, 3.8) is 0 Å². The highest BCUT2D eigenvalue weighted by Gasteiger charge is 2.45. The van der Waals surface area contributed by atoms with E-state index >= 15 is 0 Å². The second-order valence-electron chi connectivity index (χ2n) is 7.12. The van der Waals surface area contributed by atoms with Gasteiger partial charge in [0.25, 0.3) is 0 Å². The zero-order chi connectivity index (χ0) is 16.5. The molecule has 22 heavy (non-hydrogen) atoms. The molecule has 0 aliphatic carbocycles. The molecular formula is C19H28FNSi. The smallest absolute Gasteiger partial charge is 0.169 e. The molecule has 0 aliphatic rings. The van der Waals surface area contributed by atoms with Gasteiger partial charge in [0.05, 0.1) is 0 Å². The first kappa shape index (κ1) is 17.0. The Balaban J connectivity index is 2.65. The maximum Gasteiger partial charge on any atom is 0.169 e. The molecular weight excluding hydrogens is 289 g/mol. The quantitative estimate of drug-likeness (QED) is 0.569. The Morgan fingerprint density at radius 3 is 1.77 bits per heavy atom. The predicted molar refractivity (Wildman–Crippen MR) is 96.3 cm³/mol. The third-order valence-electron chi connectivity index (χ3n) is 5.08. The minimum absolute atomic E-state index is 0.179. The summed E-state index contributed by atoms with van der Waals surface area (Å²) in [6, 6.07) is 11.2. The fraction of sp³-hybridized carbons (Fsp3) is 0.474. The van der Waals surface area contributed by atoms with E-state index in [1.54, 1.807) is 12.1 Å². The van der Waals surface area contributed by atoms with Crippen LogP contribution in [-0.2, 0) is 0 Å². The molecule has 1 aromatic heterocycles. The lowest BCUT2D eigenvalue weighted by molar-refractivity contribution is 0.628. The Hall–Kier alpha value is -1.35. The molecule has 0 unspecified atom stereocenters. The van der Waals surface area contributed by atoms with Crippen molar-refractivity contribution in [2.45, 2.75) is 58.2 Å². The van der Waals surface area contributed by atoms with Gasteiger partial charge in [0.1, 0.15) is 5.82 Å².